The van der Waals surface area contributed by atoms with Gasteiger partial charge in [-0.1, -0.05) is 24.3 Å². The minimum absolute atomic E-state index is 0.186. The molecule has 0 spiro atoms. The van der Waals surface area contributed by atoms with Gasteiger partial charge in [-0.05, 0) is 66.6 Å². The lowest BCUT2D eigenvalue weighted by Gasteiger charge is -2.22. The first kappa shape index (κ1) is 30.4. The number of ether oxygens (including phenoxy) is 5. The van der Waals surface area contributed by atoms with E-state index >= 15 is 0 Å². The van der Waals surface area contributed by atoms with Crippen molar-refractivity contribution in [3.05, 3.63) is 89.7 Å². The summed E-state index contributed by atoms with van der Waals surface area (Å²) in [6.07, 6.45) is -1.23. The molecule has 0 aliphatic carbocycles. The maximum atomic E-state index is 13.1. The Hall–Kier alpha value is -4.15. The first-order valence-electron chi connectivity index (χ1n) is 12.9. The lowest BCUT2D eigenvalue weighted by atomic mass is 10.1. The summed E-state index contributed by atoms with van der Waals surface area (Å²) in [7, 11) is 1.55. The van der Waals surface area contributed by atoms with Crippen LogP contribution in [0.5, 0.6) is 17.2 Å². The molecule has 3 aromatic carbocycles. The van der Waals surface area contributed by atoms with Crippen molar-refractivity contribution < 1.29 is 42.8 Å². The van der Waals surface area contributed by atoms with E-state index in [4.69, 9.17) is 23.7 Å². The Morgan fingerprint density at radius 1 is 0.850 bits per heavy atom. The summed E-state index contributed by atoms with van der Waals surface area (Å²) >= 11 is 0. The normalized spacial score (nSPS) is 11.5. The van der Waals surface area contributed by atoms with Gasteiger partial charge >= 0.3 is 12.1 Å². The minimum atomic E-state index is -1.01. The fourth-order valence-electron chi connectivity index (χ4n) is 3.68. The Kier molecular flexibility index (Phi) is 12.2. The van der Waals surface area contributed by atoms with Gasteiger partial charge in [0, 0.05) is 19.6 Å². The highest BCUT2D eigenvalue weighted by molar-refractivity contribution is 5.72. The molecule has 9 nitrogen and oxygen atoms in total. The molecule has 1 N–H and O–H groups in total. The van der Waals surface area contributed by atoms with E-state index in [1.807, 2.05) is 0 Å². The molecule has 0 aliphatic rings. The number of amides is 1. The van der Waals surface area contributed by atoms with Crippen LogP contribution in [0, 0.1) is 5.82 Å². The van der Waals surface area contributed by atoms with Crippen LogP contribution in [0.25, 0.3) is 0 Å². The first-order chi connectivity index (χ1) is 19.4. The standard InChI is InChI=1S/C30H34FNO8/c1-3-38-28(29(33)34)20-22-6-10-26(11-7-22)39-19-17-32(16-18-37-21-23-4-8-24(31)9-5-23)30(35)40-27-14-12-25(36-2)13-15-27/h4-15,28H,3,16-21H2,1-2H3,(H,33,34). The molecule has 0 fully saturated rings. The SMILES string of the molecule is CCOC(Cc1ccc(OCCN(CCOCc2ccc(F)cc2)C(=O)Oc2ccc(OC)cc2)cc1)C(=O)O. The van der Waals surface area contributed by atoms with Gasteiger partial charge in [0.1, 0.15) is 29.7 Å². The van der Waals surface area contributed by atoms with Crippen molar-refractivity contribution in [1.82, 2.24) is 4.90 Å². The Morgan fingerprint density at radius 3 is 2.08 bits per heavy atom. The second kappa shape index (κ2) is 16.1. The molecule has 0 aliphatic heterocycles. The quantitative estimate of drug-likeness (QED) is 0.247. The van der Waals surface area contributed by atoms with Gasteiger partial charge in [-0.2, -0.15) is 0 Å². The third-order valence-electron chi connectivity index (χ3n) is 5.83. The molecule has 40 heavy (non-hydrogen) atoms. The van der Waals surface area contributed by atoms with E-state index in [1.165, 1.54) is 17.0 Å². The van der Waals surface area contributed by atoms with Gasteiger partial charge in [0.25, 0.3) is 0 Å². The van der Waals surface area contributed by atoms with Gasteiger partial charge in [0.15, 0.2) is 6.10 Å². The van der Waals surface area contributed by atoms with E-state index in [-0.39, 0.29) is 45.1 Å². The van der Waals surface area contributed by atoms with Crippen LogP contribution in [0.1, 0.15) is 18.1 Å². The average molecular weight is 556 g/mol. The van der Waals surface area contributed by atoms with E-state index in [1.54, 1.807) is 74.7 Å². The maximum Gasteiger partial charge on any atom is 0.415 e. The second-order valence-corrected chi connectivity index (χ2v) is 8.69. The number of carboxylic acids is 1. The highest BCUT2D eigenvalue weighted by atomic mass is 19.1. The lowest BCUT2D eigenvalue weighted by Crippen LogP contribution is -2.39. The molecule has 0 saturated carbocycles. The van der Waals surface area contributed by atoms with Crippen LogP contribution in [0.3, 0.4) is 0 Å². The molecule has 0 radical (unpaired) electrons. The molecule has 0 saturated heterocycles. The summed E-state index contributed by atoms with van der Waals surface area (Å²) in [5.74, 6) is 0.252. The molecule has 1 atom stereocenters. The van der Waals surface area contributed by atoms with Crippen molar-refractivity contribution in [2.24, 2.45) is 0 Å². The number of carbonyl (C=O) groups excluding carboxylic acids is 1. The summed E-state index contributed by atoms with van der Waals surface area (Å²) < 4.78 is 40.5. The summed E-state index contributed by atoms with van der Waals surface area (Å²) in [4.78, 5) is 25.7. The number of hydrogen-bond donors (Lipinski definition) is 1. The molecule has 3 aromatic rings. The molecular weight excluding hydrogens is 521 g/mol. The summed E-state index contributed by atoms with van der Waals surface area (Å²) in [6.45, 7) is 3.22. The van der Waals surface area contributed by atoms with Crippen LogP contribution in [0.4, 0.5) is 9.18 Å². The van der Waals surface area contributed by atoms with Crippen molar-refractivity contribution in [3.8, 4) is 17.2 Å². The van der Waals surface area contributed by atoms with Gasteiger partial charge in [-0.25, -0.2) is 14.0 Å². The van der Waals surface area contributed by atoms with Crippen LogP contribution in [0.2, 0.25) is 0 Å². The van der Waals surface area contributed by atoms with E-state index in [0.29, 0.717) is 23.9 Å². The molecule has 0 heterocycles. The Labute approximate surface area is 233 Å². The predicted molar refractivity (Wildman–Crippen MR) is 145 cm³/mol. The highest BCUT2D eigenvalue weighted by Crippen LogP contribution is 2.18. The number of nitrogens with zero attached hydrogens (tertiary/aromatic N) is 1. The number of aliphatic carboxylic acids is 1. The molecule has 0 aromatic heterocycles. The number of benzene rings is 3. The molecule has 214 valence electrons. The van der Waals surface area contributed by atoms with Crippen LogP contribution < -0.4 is 14.2 Å². The Balaban J connectivity index is 1.54. The third kappa shape index (κ3) is 10.2. The Morgan fingerprint density at radius 2 is 1.45 bits per heavy atom. The number of carboxylic acid groups (broad SMARTS) is 1. The summed E-state index contributed by atoms with van der Waals surface area (Å²) in [6, 6.07) is 19.7. The molecular formula is C30H34FNO8. The number of hydrogen-bond acceptors (Lipinski definition) is 7. The van der Waals surface area contributed by atoms with E-state index in [9.17, 15) is 19.1 Å². The number of rotatable bonds is 16. The molecule has 1 amide bonds. The van der Waals surface area contributed by atoms with Crippen molar-refractivity contribution in [1.29, 1.82) is 0 Å². The number of methoxy groups -OCH3 is 1. The molecule has 10 heteroatoms. The smallest absolute Gasteiger partial charge is 0.415 e. The number of halogens is 1. The molecule has 0 bridgehead atoms. The van der Waals surface area contributed by atoms with Crippen LogP contribution in [-0.2, 0) is 27.3 Å². The van der Waals surface area contributed by atoms with Crippen LogP contribution >= 0.6 is 0 Å². The fraction of sp³-hybridized carbons (Fsp3) is 0.333. The molecule has 1 unspecified atom stereocenters. The van der Waals surface area contributed by atoms with Crippen LogP contribution in [0.15, 0.2) is 72.8 Å². The van der Waals surface area contributed by atoms with Gasteiger partial charge < -0.3 is 33.7 Å². The zero-order chi connectivity index (χ0) is 28.7. The van der Waals surface area contributed by atoms with Crippen molar-refractivity contribution in [2.75, 3.05) is 40.0 Å². The highest BCUT2D eigenvalue weighted by Gasteiger charge is 2.18. The number of carbonyl (C=O) groups is 2. The maximum absolute atomic E-state index is 13.1. The van der Waals surface area contributed by atoms with E-state index in [0.717, 1.165) is 11.1 Å². The van der Waals surface area contributed by atoms with Crippen LogP contribution in [-0.4, -0.2) is 68.2 Å². The van der Waals surface area contributed by atoms with Gasteiger partial charge in [-0.3, -0.25) is 0 Å². The van der Waals surface area contributed by atoms with Gasteiger partial charge in [0.05, 0.1) is 26.9 Å². The van der Waals surface area contributed by atoms with Gasteiger partial charge in [-0.15, -0.1) is 0 Å². The monoisotopic (exact) mass is 555 g/mol. The minimum Gasteiger partial charge on any atom is -0.497 e. The summed E-state index contributed by atoms with van der Waals surface area (Å²) in [5.41, 5.74) is 1.62. The largest absolute Gasteiger partial charge is 0.497 e. The Bertz CT molecular complexity index is 1190. The van der Waals surface area contributed by atoms with E-state index in [2.05, 4.69) is 0 Å². The zero-order valence-corrected chi connectivity index (χ0v) is 22.6. The summed E-state index contributed by atoms with van der Waals surface area (Å²) in [5, 5.41) is 9.27. The predicted octanol–water partition coefficient (Wildman–Crippen LogP) is 4.96. The molecule has 3 rings (SSSR count). The van der Waals surface area contributed by atoms with Crippen molar-refractivity contribution in [2.45, 2.75) is 26.1 Å². The second-order valence-electron chi connectivity index (χ2n) is 8.69. The first-order valence-corrected chi connectivity index (χ1v) is 12.9. The average Bonchev–Trinajstić information content (AvgIpc) is 2.96. The third-order valence-corrected chi connectivity index (χ3v) is 5.83. The van der Waals surface area contributed by atoms with Crippen molar-refractivity contribution in [3.63, 3.8) is 0 Å². The topological polar surface area (TPSA) is 104 Å². The van der Waals surface area contributed by atoms with Crippen molar-refractivity contribution >= 4 is 12.1 Å². The lowest BCUT2D eigenvalue weighted by molar-refractivity contribution is -0.149. The van der Waals surface area contributed by atoms with E-state index < -0.39 is 18.2 Å². The fourth-order valence-corrected chi connectivity index (χ4v) is 3.68. The van der Waals surface area contributed by atoms with Gasteiger partial charge in [0.2, 0.25) is 0 Å². The zero-order valence-electron chi connectivity index (χ0n) is 22.6.